The number of halogens is 1. The van der Waals surface area contributed by atoms with Crippen molar-refractivity contribution in [3.8, 4) is 11.5 Å². The SMILES string of the molecule is CCNCc1cccc(OCC)c1OCc1ccc(Cl)cc1. The third-order valence-electron chi connectivity index (χ3n) is 3.22. The van der Waals surface area contributed by atoms with Crippen molar-refractivity contribution in [1.82, 2.24) is 5.32 Å². The maximum Gasteiger partial charge on any atom is 0.166 e. The van der Waals surface area contributed by atoms with Gasteiger partial charge in [-0.3, -0.25) is 0 Å². The Morgan fingerprint density at radius 3 is 2.45 bits per heavy atom. The monoisotopic (exact) mass is 319 g/mol. The molecule has 0 heterocycles. The van der Waals surface area contributed by atoms with Crippen molar-refractivity contribution in [3.05, 3.63) is 58.6 Å². The van der Waals surface area contributed by atoms with Crippen molar-refractivity contribution >= 4 is 11.6 Å². The van der Waals surface area contributed by atoms with Crippen LogP contribution in [0.4, 0.5) is 0 Å². The number of nitrogens with one attached hydrogen (secondary N) is 1. The number of ether oxygens (including phenoxy) is 2. The molecule has 0 atom stereocenters. The summed E-state index contributed by atoms with van der Waals surface area (Å²) >= 11 is 5.91. The highest BCUT2D eigenvalue weighted by atomic mass is 35.5. The van der Waals surface area contributed by atoms with Gasteiger partial charge < -0.3 is 14.8 Å². The van der Waals surface area contributed by atoms with Gasteiger partial charge in [0.25, 0.3) is 0 Å². The van der Waals surface area contributed by atoms with Gasteiger partial charge >= 0.3 is 0 Å². The standard InChI is InChI=1S/C18H22ClNO2/c1-3-20-12-15-6-5-7-17(21-4-2)18(15)22-13-14-8-10-16(19)11-9-14/h5-11,20H,3-4,12-13H2,1-2H3. The molecule has 0 bridgehead atoms. The summed E-state index contributed by atoms with van der Waals surface area (Å²) in [6, 6.07) is 13.7. The van der Waals surface area contributed by atoms with E-state index in [9.17, 15) is 0 Å². The van der Waals surface area contributed by atoms with E-state index in [1.165, 1.54) is 0 Å². The molecule has 0 saturated heterocycles. The summed E-state index contributed by atoms with van der Waals surface area (Å²) in [5.41, 5.74) is 2.17. The van der Waals surface area contributed by atoms with E-state index in [1.54, 1.807) is 0 Å². The molecule has 2 rings (SSSR count). The second-order valence-corrected chi connectivity index (χ2v) is 5.31. The molecule has 0 aliphatic rings. The van der Waals surface area contributed by atoms with Crippen molar-refractivity contribution < 1.29 is 9.47 Å². The highest BCUT2D eigenvalue weighted by Crippen LogP contribution is 2.32. The summed E-state index contributed by atoms with van der Waals surface area (Å²) in [4.78, 5) is 0. The van der Waals surface area contributed by atoms with Crippen LogP contribution >= 0.6 is 11.6 Å². The molecule has 0 unspecified atom stereocenters. The third kappa shape index (κ3) is 4.65. The Morgan fingerprint density at radius 1 is 1.00 bits per heavy atom. The number of rotatable bonds is 8. The molecule has 0 fully saturated rings. The Labute approximate surface area is 137 Å². The predicted octanol–water partition coefficient (Wildman–Crippen LogP) is 4.43. The van der Waals surface area contributed by atoms with Crippen molar-refractivity contribution in [3.63, 3.8) is 0 Å². The van der Waals surface area contributed by atoms with Crippen LogP contribution < -0.4 is 14.8 Å². The Kier molecular flexibility index (Phi) is 6.56. The lowest BCUT2D eigenvalue weighted by atomic mass is 10.1. The lowest BCUT2D eigenvalue weighted by Crippen LogP contribution is -2.13. The van der Waals surface area contributed by atoms with Gasteiger partial charge in [0, 0.05) is 17.1 Å². The van der Waals surface area contributed by atoms with Gasteiger partial charge in [-0.25, -0.2) is 0 Å². The molecular formula is C18H22ClNO2. The van der Waals surface area contributed by atoms with Gasteiger partial charge in [-0.1, -0.05) is 42.8 Å². The van der Waals surface area contributed by atoms with Crippen LogP contribution in [0.15, 0.2) is 42.5 Å². The molecule has 0 spiro atoms. The number of benzene rings is 2. The second-order valence-electron chi connectivity index (χ2n) is 4.87. The second kappa shape index (κ2) is 8.66. The average Bonchev–Trinajstić information content (AvgIpc) is 2.54. The molecule has 0 aromatic heterocycles. The van der Waals surface area contributed by atoms with E-state index in [0.29, 0.717) is 13.2 Å². The van der Waals surface area contributed by atoms with Gasteiger partial charge in [0.1, 0.15) is 6.61 Å². The molecule has 2 aromatic rings. The fourth-order valence-corrected chi connectivity index (χ4v) is 2.26. The summed E-state index contributed by atoms with van der Waals surface area (Å²) < 4.78 is 11.7. The smallest absolute Gasteiger partial charge is 0.166 e. The molecular weight excluding hydrogens is 298 g/mol. The molecule has 2 aromatic carbocycles. The van der Waals surface area contributed by atoms with Gasteiger partial charge in [-0.2, -0.15) is 0 Å². The molecule has 1 N–H and O–H groups in total. The van der Waals surface area contributed by atoms with Gasteiger partial charge in [0.15, 0.2) is 11.5 Å². The number of hydrogen-bond donors (Lipinski definition) is 1. The van der Waals surface area contributed by atoms with Crippen molar-refractivity contribution in [1.29, 1.82) is 0 Å². The van der Waals surface area contributed by atoms with Crippen LogP contribution in [0.5, 0.6) is 11.5 Å². The molecule has 4 heteroatoms. The number of para-hydroxylation sites is 1. The van der Waals surface area contributed by atoms with E-state index >= 15 is 0 Å². The fourth-order valence-electron chi connectivity index (χ4n) is 2.13. The first-order valence-corrected chi connectivity index (χ1v) is 7.95. The Hall–Kier alpha value is -1.71. The first-order valence-electron chi connectivity index (χ1n) is 7.57. The van der Waals surface area contributed by atoms with Crippen LogP contribution in [-0.2, 0) is 13.2 Å². The largest absolute Gasteiger partial charge is 0.490 e. The highest BCUT2D eigenvalue weighted by molar-refractivity contribution is 6.30. The zero-order chi connectivity index (χ0) is 15.8. The van der Waals surface area contributed by atoms with Crippen molar-refractivity contribution in [2.45, 2.75) is 27.0 Å². The van der Waals surface area contributed by atoms with Crippen LogP contribution in [0.1, 0.15) is 25.0 Å². The summed E-state index contributed by atoms with van der Waals surface area (Å²) in [7, 11) is 0. The van der Waals surface area contributed by atoms with Gasteiger partial charge in [-0.15, -0.1) is 0 Å². The predicted molar refractivity (Wildman–Crippen MR) is 90.8 cm³/mol. The lowest BCUT2D eigenvalue weighted by Gasteiger charge is -2.16. The molecule has 0 aliphatic heterocycles. The van der Waals surface area contributed by atoms with Crippen molar-refractivity contribution in [2.75, 3.05) is 13.2 Å². The molecule has 0 aliphatic carbocycles. The Balaban J connectivity index is 2.16. The van der Waals surface area contributed by atoms with E-state index < -0.39 is 0 Å². The minimum atomic E-state index is 0.486. The van der Waals surface area contributed by atoms with Gasteiger partial charge in [0.2, 0.25) is 0 Å². The summed E-state index contributed by atoms with van der Waals surface area (Å²) in [6.07, 6.45) is 0. The molecule has 22 heavy (non-hydrogen) atoms. The minimum Gasteiger partial charge on any atom is -0.490 e. The average molecular weight is 320 g/mol. The molecule has 0 radical (unpaired) electrons. The quantitative estimate of drug-likeness (QED) is 0.781. The van der Waals surface area contributed by atoms with Gasteiger partial charge in [0.05, 0.1) is 6.61 Å². The molecule has 3 nitrogen and oxygen atoms in total. The van der Waals surface area contributed by atoms with E-state index in [0.717, 1.165) is 40.7 Å². The Morgan fingerprint density at radius 2 is 1.77 bits per heavy atom. The summed E-state index contributed by atoms with van der Waals surface area (Å²) in [6.45, 7) is 6.83. The van der Waals surface area contributed by atoms with E-state index in [2.05, 4.69) is 18.3 Å². The third-order valence-corrected chi connectivity index (χ3v) is 3.47. The summed E-state index contributed by atoms with van der Waals surface area (Å²) in [5.74, 6) is 1.59. The first-order chi connectivity index (χ1) is 10.7. The van der Waals surface area contributed by atoms with E-state index in [1.807, 2.05) is 43.3 Å². The fraction of sp³-hybridized carbons (Fsp3) is 0.333. The van der Waals surface area contributed by atoms with Crippen LogP contribution in [0.2, 0.25) is 5.02 Å². The topological polar surface area (TPSA) is 30.5 Å². The lowest BCUT2D eigenvalue weighted by molar-refractivity contribution is 0.266. The first kappa shape index (κ1) is 16.7. The van der Waals surface area contributed by atoms with Crippen LogP contribution in [0, 0.1) is 0 Å². The maximum absolute atomic E-state index is 6.04. The van der Waals surface area contributed by atoms with E-state index in [4.69, 9.17) is 21.1 Å². The van der Waals surface area contributed by atoms with Crippen LogP contribution in [0.3, 0.4) is 0 Å². The zero-order valence-corrected chi connectivity index (χ0v) is 13.8. The van der Waals surface area contributed by atoms with Crippen LogP contribution in [-0.4, -0.2) is 13.2 Å². The zero-order valence-electron chi connectivity index (χ0n) is 13.1. The number of hydrogen-bond acceptors (Lipinski definition) is 3. The summed E-state index contributed by atoms with van der Waals surface area (Å²) in [5, 5.41) is 4.05. The minimum absolute atomic E-state index is 0.486. The Bertz CT molecular complexity index is 584. The molecule has 0 amide bonds. The highest BCUT2D eigenvalue weighted by Gasteiger charge is 2.11. The van der Waals surface area contributed by atoms with E-state index in [-0.39, 0.29) is 0 Å². The van der Waals surface area contributed by atoms with Crippen molar-refractivity contribution in [2.24, 2.45) is 0 Å². The molecule has 118 valence electrons. The normalized spacial score (nSPS) is 10.5. The van der Waals surface area contributed by atoms with Crippen LogP contribution in [0.25, 0.3) is 0 Å². The van der Waals surface area contributed by atoms with Gasteiger partial charge in [-0.05, 0) is 37.2 Å². The maximum atomic E-state index is 6.04. The molecule has 0 saturated carbocycles.